The van der Waals surface area contributed by atoms with Crippen LogP contribution in [-0.2, 0) is 28.8 Å². The smallest absolute Gasteiger partial charge is 0.326 e. The van der Waals surface area contributed by atoms with Crippen molar-refractivity contribution in [1.29, 1.82) is 0 Å². The Morgan fingerprint density at radius 3 is 1.80 bits per heavy atom. The number of nitrogens with two attached hydrogens (primary N) is 3. The van der Waals surface area contributed by atoms with E-state index in [1.54, 1.807) is 6.92 Å². The van der Waals surface area contributed by atoms with Gasteiger partial charge in [0.1, 0.15) is 18.1 Å². The third-order valence-electron chi connectivity index (χ3n) is 5.45. The molecule has 14 nitrogen and oxygen atoms in total. The van der Waals surface area contributed by atoms with Crippen molar-refractivity contribution >= 4 is 35.6 Å². The predicted octanol–water partition coefficient (Wildman–Crippen LogP) is -2.23. The number of nitrogens with one attached hydrogen (secondary N) is 3. The Morgan fingerprint density at radius 2 is 1.34 bits per heavy atom. The van der Waals surface area contributed by atoms with E-state index in [1.807, 2.05) is 12.2 Å². The van der Waals surface area contributed by atoms with Crippen molar-refractivity contribution < 1.29 is 39.0 Å². The summed E-state index contributed by atoms with van der Waals surface area (Å²) in [6.45, 7) is 4.01. The third kappa shape index (κ3) is 12.7. The van der Waals surface area contributed by atoms with Crippen molar-refractivity contribution in [2.75, 3.05) is 6.54 Å². The number of carbonyl (C=O) groups is 6. The summed E-state index contributed by atoms with van der Waals surface area (Å²) >= 11 is 0. The number of carboxylic acid groups (broad SMARTS) is 2. The Balaban J connectivity index is 5.63. The molecule has 11 N–H and O–H groups in total. The normalized spacial score (nSPS) is 15.1. The highest BCUT2D eigenvalue weighted by molar-refractivity contribution is 5.94. The monoisotopic (exact) mass is 502 g/mol. The molecule has 4 amide bonds. The van der Waals surface area contributed by atoms with Gasteiger partial charge in [0.2, 0.25) is 23.6 Å². The summed E-state index contributed by atoms with van der Waals surface area (Å²) in [6, 6.07) is -5.13. The molecule has 5 atom stereocenters. The first-order chi connectivity index (χ1) is 16.3. The number of rotatable bonds is 18. The lowest BCUT2D eigenvalue weighted by molar-refractivity contribution is -0.147. The van der Waals surface area contributed by atoms with E-state index >= 15 is 0 Å². The molecule has 0 aliphatic heterocycles. The van der Waals surface area contributed by atoms with E-state index in [9.17, 15) is 28.8 Å². The van der Waals surface area contributed by atoms with Crippen molar-refractivity contribution in [2.24, 2.45) is 23.1 Å². The van der Waals surface area contributed by atoms with E-state index in [-0.39, 0.29) is 25.2 Å². The molecule has 0 rings (SSSR count). The average molecular weight is 503 g/mol. The molecule has 0 aromatic heterocycles. The highest BCUT2D eigenvalue weighted by Crippen LogP contribution is 2.09. The lowest BCUT2D eigenvalue weighted by Gasteiger charge is -2.26. The molecule has 0 aliphatic rings. The van der Waals surface area contributed by atoms with Crippen LogP contribution in [0.15, 0.2) is 0 Å². The van der Waals surface area contributed by atoms with Crippen molar-refractivity contribution in [3.8, 4) is 0 Å². The zero-order chi connectivity index (χ0) is 27.1. The van der Waals surface area contributed by atoms with Crippen LogP contribution in [0, 0.1) is 5.92 Å². The Morgan fingerprint density at radius 1 is 0.829 bits per heavy atom. The minimum absolute atomic E-state index is 0.154. The number of primary amides is 1. The number of hydrogen-bond donors (Lipinski definition) is 8. The Labute approximate surface area is 203 Å². The first kappa shape index (κ1) is 31.7. The van der Waals surface area contributed by atoms with Crippen molar-refractivity contribution in [3.05, 3.63) is 0 Å². The summed E-state index contributed by atoms with van der Waals surface area (Å²) in [5, 5.41) is 25.0. The summed E-state index contributed by atoms with van der Waals surface area (Å²) < 4.78 is 0. The molecule has 0 aliphatic carbocycles. The molecule has 200 valence electrons. The van der Waals surface area contributed by atoms with E-state index in [0.717, 1.165) is 0 Å². The van der Waals surface area contributed by atoms with Gasteiger partial charge in [-0.15, -0.1) is 0 Å². The van der Waals surface area contributed by atoms with Gasteiger partial charge in [0.05, 0.1) is 12.5 Å². The van der Waals surface area contributed by atoms with E-state index in [2.05, 4.69) is 10.6 Å². The van der Waals surface area contributed by atoms with Gasteiger partial charge in [0.25, 0.3) is 0 Å². The van der Waals surface area contributed by atoms with Crippen LogP contribution in [0.2, 0.25) is 0 Å². The lowest BCUT2D eigenvalue weighted by Crippen LogP contribution is -2.57. The van der Waals surface area contributed by atoms with Gasteiger partial charge in [0.15, 0.2) is 0 Å². The van der Waals surface area contributed by atoms with Crippen molar-refractivity contribution in [3.63, 3.8) is 0 Å². The lowest BCUT2D eigenvalue weighted by atomic mass is 9.98. The molecule has 0 fully saturated rings. The van der Waals surface area contributed by atoms with Crippen LogP contribution in [-0.4, -0.2) is 76.5 Å². The van der Waals surface area contributed by atoms with Crippen LogP contribution in [0.3, 0.4) is 0 Å². The summed E-state index contributed by atoms with van der Waals surface area (Å²) in [5.41, 5.74) is 16.6. The molecule has 0 heterocycles. The predicted molar refractivity (Wildman–Crippen MR) is 124 cm³/mol. The molecule has 35 heavy (non-hydrogen) atoms. The molecule has 0 unspecified atom stereocenters. The molecule has 14 heteroatoms. The standard InChI is InChI=1S/C21H38N6O8/c1-3-11(2)17(24)20(33)26-12(6-4-5-9-22)18(31)25-13(7-8-15(23)28)19(32)27-14(21(34)35)10-16(29)30/h11-14,17H,3-10,22,24H2,1-2H3,(H2,23,28)(H,25,31)(H,26,33)(H,27,32)(H,29,30)(H,34,35)/t11-,12-,13-,14-,17-/m0/s1. The first-order valence-corrected chi connectivity index (χ1v) is 11.4. The summed E-state index contributed by atoms with van der Waals surface area (Å²) in [7, 11) is 0. The third-order valence-corrected chi connectivity index (χ3v) is 5.45. The van der Waals surface area contributed by atoms with Crippen LogP contribution in [0.25, 0.3) is 0 Å². The Bertz CT molecular complexity index is 762. The molecule has 0 aromatic rings. The minimum Gasteiger partial charge on any atom is -0.481 e. The number of hydrogen-bond acceptors (Lipinski definition) is 8. The fourth-order valence-corrected chi connectivity index (χ4v) is 3.02. The highest BCUT2D eigenvalue weighted by Gasteiger charge is 2.31. The fourth-order valence-electron chi connectivity index (χ4n) is 3.02. The molecular formula is C21H38N6O8. The van der Waals surface area contributed by atoms with Crippen molar-refractivity contribution in [2.45, 2.75) is 83.0 Å². The summed E-state index contributed by atoms with van der Waals surface area (Å²) in [6.07, 6.45) is 0.366. The van der Waals surface area contributed by atoms with Crippen molar-refractivity contribution in [1.82, 2.24) is 16.0 Å². The molecule has 0 radical (unpaired) electrons. The van der Waals surface area contributed by atoms with Gasteiger partial charge >= 0.3 is 11.9 Å². The van der Waals surface area contributed by atoms with Crippen LogP contribution in [0.4, 0.5) is 0 Å². The van der Waals surface area contributed by atoms with Gasteiger partial charge in [-0.05, 0) is 38.1 Å². The van der Waals surface area contributed by atoms with Gasteiger partial charge in [-0.1, -0.05) is 20.3 Å². The molecule has 0 spiro atoms. The maximum absolute atomic E-state index is 13.0. The second kappa shape index (κ2) is 16.4. The van der Waals surface area contributed by atoms with Gasteiger partial charge < -0.3 is 43.4 Å². The number of amides is 4. The number of unbranched alkanes of at least 4 members (excludes halogenated alkanes) is 1. The maximum Gasteiger partial charge on any atom is 0.326 e. The van der Waals surface area contributed by atoms with Crippen LogP contribution < -0.4 is 33.2 Å². The number of aliphatic carboxylic acids is 2. The second-order valence-electron chi connectivity index (χ2n) is 8.32. The zero-order valence-electron chi connectivity index (χ0n) is 20.1. The molecular weight excluding hydrogens is 464 g/mol. The van der Waals surface area contributed by atoms with Crippen LogP contribution in [0.5, 0.6) is 0 Å². The van der Waals surface area contributed by atoms with Gasteiger partial charge in [-0.25, -0.2) is 4.79 Å². The van der Waals surface area contributed by atoms with E-state index < -0.39 is 66.2 Å². The Kier molecular flexibility index (Phi) is 14.9. The highest BCUT2D eigenvalue weighted by atomic mass is 16.4. The van der Waals surface area contributed by atoms with E-state index in [1.165, 1.54) is 0 Å². The quantitative estimate of drug-likeness (QED) is 0.0935. The fraction of sp³-hybridized carbons (Fsp3) is 0.714. The maximum atomic E-state index is 13.0. The SMILES string of the molecule is CC[C@H](C)[C@H](N)C(=O)N[C@@H](CCCCN)C(=O)N[C@@H](CCC(N)=O)C(=O)N[C@@H](CC(=O)O)C(=O)O. The second-order valence-corrected chi connectivity index (χ2v) is 8.32. The van der Waals surface area contributed by atoms with Gasteiger partial charge in [0, 0.05) is 6.42 Å². The topological polar surface area (TPSA) is 257 Å². The molecule has 0 aromatic carbocycles. The van der Waals surface area contributed by atoms with Crippen LogP contribution in [0.1, 0.15) is 58.8 Å². The largest absolute Gasteiger partial charge is 0.481 e. The molecule has 0 saturated heterocycles. The molecule has 0 bridgehead atoms. The minimum atomic E-state index is -1.76. The number of carboxylic acids is 2. The first-order valence-electron chi connectivity index (χ1n) is 11.4. The Hall–Kier alpha value is -3.26. The van der Waals surface area contributed by atoms with Crippen LogP contribution >= 0.6 is 0 Å². The van der Waals surface area contributed by atoms with E-state index in [4.69, 9.17) is 27.4 Å². The summed E-state index contributed by atoms with van der Waals surface area (Å²) in [4.78, 5) is 71.6. The summed E-state index contributed by atoms with van der Waals surface area (Å²) in [5.74, 6) is -6.32. The average Bonchev–Trinajstić information content (AvgIpc) is 2.78. The molecule has 0 saturated carbocycles. The number of carbonyl (C=O) groups excluding carboxylic acids is 4. The van der Waals surface area contributed by atoms with E-state index in [0.29, 0.717) is 25.8 Å². The van der Waals surface area contributed by atoms with Gasteiger partial charge in [-0.3, -0.25) is 24.0 Å². The zero-order valence-corrected chi connectivity index (χ0v) is 20.1. The van der Waals surface area contributed by atoms with Gasteiger partial charge in [-0.2, -0.15) is 0 Å².